The van der Waals surface area contributed by atoms with Crippen LogP contribution in [0, 0.1) is 0 Å². The van der Waals surface area contributed by atoms with Gasteiger partial charge >= 0.3 is 0 Å². The molecule has 1 aliphatic heterocycles. The molecule has 0 spiro atoms. The van der Waals surface area contributed by atoms with E-state index in [1.807, 2.05) is 18.2 Å². The Bertz CT molecular complexity index is 290. The molecule has 54 valence electrons. The molecule has 2 nitrogen and oxygen atoms in total. The second-order valence-electron chi connectivity index (χ2n) is 2.33. The third-order valence-corrected chi connectivity index (χ3v) is 1.60. The molecule has 0 saturated heterocycles. The molecule has 0 amide bonds. The summed E-state index contributed by atoms with van der Waals surface area (Å²) in [5.41, 5.74) is 2.30. The van der Waals surface area contributed by atoms with E-state index >= 15 is 0 Å². The van der Waals surface area contributed by atoms with Crippen molar-refractivity contribution < 1.29 is 0 Å². The summed E-state index contributed by atoms with van der Waals surface area (Å²) in [5, 5.41) is 3.06. The van der Waals surface area contributed by atoms with Gasteiger partial charge in [-0.3, -0.25) is 0 Å². The van der Waals surface area contributed by atoms with E-state index in [-0.39, 0.29) is 0 Å². The number of hydrogen-bond donors (Lipinski definition) is 1. The summed E-state index contributed by atoms with van der Waals surface area (Å²) < 4.78 is 0. The van der Waals surface area contributed by atoms with E-state index in [1.165, 1.54) is 5.57 Å². The average Bonchev–Trinajstić information content (AvgIpc) is 2.58. The van der Waals surface area contributed by atoms with E-state index in [4.69, 9.17) is 0 Å². The van der Waals surface area contributed by atoms with Crippen molar-refractivity contribution in [2.24, 2.45) is 4.99 Å². The Labute approximate surface area is 65.3 Å². The van der Waals surface area contributed by atoms with E-state index < -0.39 is 0 Å². The van der Waals surface area contributed by atoms with E-state index in [2.05, 4.69) is 22.5 Å². The van der Waals surface area contributed by atoms with Crippen molar-refractivity contribution in [1.29, 1.82) is 0 Å². The van der Waals surface area contributed by atoms with Crippen LogP contribution in [0.25, 0.3) is 0 Å². The summed E-state index contributed by atoms with van der Waals surface area (Å²) in [4.78, 5) is 3.90. The molecule has 1 heterocycles. The number of nitrogens with one attached hydrogen (secondary N) is 1. The number of aliphatic imine (C=N–C) groups is 1. The van der Waals surface area contributed by atoms with Gasteiger partial charge in [-0.1, -0.05) is 24.3 Å². The summed E-state index contributed by atoms with van der Waals surface area (Å²) in [7, 11) is 0. The third-order valence-electron chi connectivity index (χ3n) is 1.60. The van der Waals surface area contributed by atoms with Gasteiger partial charge in [0.15, 0.2) is 0 Å². The molecule has 1 N–H and O–H groups in total. The second kappa shape index (κ2) is 2.58. The fourth-order valence-corrected chi connectivity index (χ4v) is 1.05. The zero-order valence-corrected chi connectivity index (χ0v) is 5.99. The number of rotatable bonds is 0. The van der Waals surface area contributed by atoms with E-state index in [1.54, 1.807) is 12.5 Å². The lowest BCUT2D eigenvalue weighted by Crippen LogP contribution is -2.12. The summed E-state index contributed by atoms with van der Waals surface area (Å²) in [6.45, 7) is 0. The number of hydrogen-bond acceptors (Lipinski definition) is 2. The quantitative estimate of drug-likeness (QED) is 0.547. The normalized spacial score (nSPS) is 19.6. The Balaban J connectivity index is 2.33. The minimum absolute atomic E-state index is 1.10. The van der Waals surface area contributed by atoms with Crippen LogP contribution < -0.4 is 5.32 Å². The number of allylic oxidation sites excluding steroid dienone is 6. The summed E-state index contributed by atoms with van der Waals surface area (Å²) >= 11 is 0. The van der Waals surface area contributed by atoms with Gasteiger partial charge in [0, 0.05) is 11.9 Å². The van der Waals surface area contributed by atoms with Crippen LogP contribution in [0.15, 0.2) is 52.8 Å². The first kappa shape index (κ1) is 6.16. The Kier molecular flexibility index (Phi) is 1.44. The minimum atomic E-state index is 1.10. The van der Waals surface area contributed by atoms with E-state index in [0.29, 0.717) is 0 Å². The predicted molar refractivity (Wildman–Crippen MR) is 46.1 cm³/mol. The van der Waals surface area contributed by atoms with Crippen LogP contribution in [-0.2, 0) is 0 Å². The highest BCUT2D eigenvalue weighted by Crippen LogP contribution is 2.12. The van der Waals surface area contributed by atoms with Crippen molar-refractivity contribution in [3.05, 3.63) is 47.9 Å². The number of nitrogens with zero attached hydrogens (tertiary/aromatic N) is 1. The van der Waals surface area contributed by atoms with Crippen molar-refractivity contribution in [2.75, 3.05) is 0 Å². The second-order valence-corrected chi connectivity index (χ2v) is 2.33. The Morgan fingerprint density at radius 3 is 2.55 bits per heavy atom. The van der Waals surface area contributed by atoms with Crippen LogP contribution >= 0.6 is 0 Å². The minimum Gasteiger partial charge on any atom is -0.346 e. The SMILES string of the molecule is C1=CC(=C2C=CN=CN2)C=C1. The monoisotopic (exact) mass is 144 g/mol. The van der Waals surface area contributed by atoms with E-state index in [0.717, 1.165) is 5.70 Å². The molecular weight excluding hydrogens is 136 g/mol. The zero-order chi connectivity index (χ0) is 7.52. The largest absolute Gasteiger partial charge is 0.346 e. The van der Waals surface area contributed by atoms with Gasteiger partial charge in [-0.25, -0.2) is 4.99 Å². The highest BCUT2D eigenvalue weighted by Gasteiger charge is 2.00. The smallest absolute Gasteiger partial charge is 0.0923 e. The molecular formula is C9H8N2. The summed E-state index contributed by atoms with van der Waals surface area (Å²) in [6, 6.07) is 0. The first-order valence-electron chi connectivity index (χ1n) is 3.50. The van der Waals surface area contributed by atoms with Crippen molar-refractivity contribution in [2.45, 2.75) is 0 Å². The molecule has 1 aliphatic carbocycles. The molecule has 0 aromatic heterocycles. The van der Waals surface area contributed by atoms with Gasteiger partial charge in [0.05, 0.1) is 6.34 Å². The molecule has 0 atom stereocenters. The van der Waals surface area contributed by atoms with Gasteiger partial charge in [0.25, 0.3) is 0 Å². The van der Waals surface area contributed by atoms with Gasteiger partial charge in [-0.2, -0.15) is 0 Å². The highest BCUT2D eigenvalue weighted by atomic mass is 15.0. The highest BCUT2D eigenvalue weighted by molar-refractivity contribution is 5.64. The topological polar surface area (TPSA) is 24.4 Å². The Morgan fingerprint density at radius 1 is 1.09 bits per heavy atom. The summed E-state index contributed by atoms with van der Waals surface area (Å²) in [6.07, 6.45) is 13.6. The summed E-state index contributed by atoms with van der Waals surface area (Å²) in [5.74, 6) is 0. The van der Waals surface area contributed by atoms with Crippen LogP contribution in [0.3, 0.4) is 0 Å². The van der Waals surface area contributed by atoms with Crippen molar-refractivity contribution in [1.82, 2.24) is 5.32 Å². The maximum atomic E-state index is 3.90. The van der Waals surface area contributed by atoms with Crippen molar-refractivity contribution >= 4 is 6.34 Å². The van der Waals surface area contributed by atoms with Crippen molar-refractivity contribution in [3.63, 3.8) is 0 Å². The van der Waals surface area contributed by atoms with Crippen molar-refractivity contribution in [3.8, 4) is 0 Å². The van der Waals surface area contributed by atoms with Crippen LogP contribution in [0.2, 0.25) is 0 Å². The molecule has 0 radical (unpaired) electrons. The van der Waals surface area contributed by atoms with Crippen LogP contribution in [0.4, 0.5) is 0 Å². The Morgan fingerprint density at radius 2 is 1.91 bits per heavy atom. The molecule has 2 rings (SSSR count). The van der Waals surface area contributed by atoms with Crippen LogP contribution in [0.1, 0.15) is 0 Å². The third kappa shape index (κ3) is 1.15. The molecule has 0 fully saturated rings. The maximum absolute atomic E-state index is 3.90. The molecule has 0 saturated carbocycles. The van der Waals surface area contributed by atoms with E-state index in [9.17, 15) is 0 Å². The molecule has 11 heavy (non-hydrogen) atoms. The Hall–Kier alpha value is -1.57. The first-order valence-corrected chi connectivity index (χ1v) is 3.50. The first-order chi connectivity index (χ1) is 5.47. The predicted octanol–water partition coefficient (Wildman–Crippen LogP) is 1.51. The average molecular weight is 144 g/mol. The lowest BCUT2D eigenvalue weighted by Gasteiger charge is -2.05. The zero-order valence-electron chi connectivity index (χ0n) is 5.99. The molecule has 2 heteroatoms. The molecule has 0 aromatic rings. The fourth-order valence-electron chi connectivity index (χ4n) is 1.05. The standard InChI is InChI=1S/C9H8N2/c1-2-4-8(3-1)9-5-6-10-7-11-9/h1-7H,(H,10,11). The van der Waals surface area contributed by atoms with Crippen LogP contribution in [0.5, 0.6) is 0 Å². The van der Waals surface area contributed by atoms with Gasteiger partial charge < -0.3 is 5.32 Å². The maximum Gasteiger partial charge on any atom is 0.0923 e. The molecule has 2 aliphatic rings. The molecule has 0 aromatic carbocycles. The van der Waals surface area contributed by atoms with Gasteiger partial charge in [-0.05, 0) is 11.6 Å². The lowest BCUT2D eigenvalue weighted by atomic mass is 10.2. The molecule has 0 unspecified atom stereocenters. The fraction of sp³-hybridized carbons (Fsp3) is 0. The van der Waals surface area contributed by atoms with Crippen LogP contribution in [-0.4, -0.2) is 6.34 Å². The van der Waals surface area contributed by atoms with Gasteiger partial charge in [0.2, 0.25) is 0 Å². The van der Waals surface area contributed by atoms with Gasteiger partial charge in [-0.15, -0.1) is 0 Å². The molecule has 0 bridgehead atoms. The lowest BCUT2D eigenvalue weighted by molar-refractivity contribution is 1.16. The van der Waals surface area contributed by atoms with Gasteiger partial charge in [0.1, 0.15) is 0 Å².